The van der Waals surface area contributed by atoms with E-state index < -0.39 is 0 Å². The summed E-state index contributed by atoms with van der Waals surface area (Å²) in [7, 11) is 2.08. The Hall–Kier alpha value is -1.90. The highest BCUT2D eigenvalue weighted by atomic mass is 14.5. The third-order valence-electron chi connectivity index (χ3n) is 2.21. The van der Waals surface area contributed by atoms with Gasteiger partial charge in [0.2, 0.25) is 0 Å². The standard InChI is InChI=1S/C12H12BN2/c14-11-5-1-9(2-6-11)13-10-3-7-12(15)8-4-10/h1-8H,14-15H2. The third-order valence-corrected chi connectivity index (χ3v) is 2.21. The van der Waals surface area contributed by atoms with E-state index in [0.717, 1.165) is 22.3 Å². The molecule has 2 nitrogen and oxygen atoms in total. The number of rotatable bonds is 2. The Balaban J connectivity index is 2.15. The van der Waals surface area contributed by atoms with Crippen LogP contribution in [0.1, 0.15) is 0 Å². The molecule has 3 heteroatoms. The second-order valence-electron chi connectivity index (χ2n) is 3.48. The zero-order chi connectivity index (χ0) is 10.7. The Morgan fingerprint density at radius 3 is 1.27 bits per heavy atom. The summed E-state index contributed by atoms with van der Waals surface area (Å²) in [6.07, 6.45) is 0. The van der Waals surface area contributed by atoms with Gasteiger partial charge in [-0.15, -0.1) is 0 Å². The van der Waals surface area contributed by atoms with Gasteiger partial charge < -0.3 is 11.5 Å². The quantitative estimate of drug-likeness (QED) is 0.541. The highest BCUT2D eigenvalue weighted by Crippen LogP contribution is 1.98. The van der Waals surface area contributed by atoms with Crippen LogP contribution in [0, 0.1) is 0 Å². The molecular weight excluding hydrogens is 183 g/mol. The van der Waals surface area contributed by atoms with Gasteiger partial charge in [-0.25, -0.2) is 0 Å². The topological polar surface area (TPSA) is 52.0 Å². The third kappa shape index (κ3) is 2.53. The van der Waals surface area contributed by atoms with Crippen molar-refractivity contribution in [3.8, 4) is 0 Å². The van der Waals surface area contributed by atoms with Gasteiger partial charge in [0.15, 0.2) is 7.28 Å². The summed E-state index contributed by atoms with van der Waals surface area (Å²) in [4.78, 5) is 0. The largest absolute Gasteiger partial charge is 0.399 e. The van der Waals surface area contributed by atoms with Crippen LogP contribution in [-0.2, 0) is 0 Å². The van der Waals surface area contributed by atoms with Gasteiger partial charge in [-0.05, 0) is 24.3 Å². The molecule has 0 bridgehead atoms. The SMILES string of the molecule is Nc1ccc([B]c2ccc(N)cc2)cc1. The van der Waals surface area contributed by atoms with E-state index in [1.807, 2.05) is 48.5 Å². The fraction of sp³-hybridized carbons (Fsp3) is 0. The average molecular weight is 195 g/mol. The molecule has 1 radical (unpaired) electrons. The maximum absolute atomic E-state index is 5.61. The predicted molar refractivity (Wildman–Crippen MR) is 66.7 cm³/mol. The average Bonchev–Trinajstić information content (AvgIpc) is 2.25. The summed E-state index contributed by atoms with van der Waals surface area (Å²) in [6, 6.07) is 15.5. The van der Waals surface area contributed by atoms with E-state index in [2.05, 4.69) is 7.28 Å². The normalized spacial score (nSPS) is 9.87. The van der Waals surface area contributed by atoms with Gasteiger partial charge in [0.05, 0.1) is 0 Å². The van der Waals surface area contributed by atoms with Crippen LogP contribution in [0.3, 0.4) is 0 Å². The molecule has 0 aromatic heterocycles. The van der Waals surface area contributed by atoms with E-state index in [1.54, 1.807) is 0 Å². The van der Waals surface area contributed by atoms with E-state index in [-0.39, 0.29) is 0 Å². The number of hydrogen-bond donors (Lipinski definition) is 2. The molecule has 2 aromatic rings. The predicted octanol–water partition coefficient (Wildman–Crippen LogP) is 0.506. The lowest BCUT2D eigenvalue weighted by atomic mass is 9.64. The Bertz CT molecular complexity index is 391. The van der Waals surface area contributed by atoms with Crippen LogP contribution in [-0.4, -0.2) is 7.28 Å². The number of anilines is 2. The number of hydrogen-bond acceptors (Lipinski definition) is 2. The van der Waals surface area contributed by atoms with Crippen molar-refractivity contribution >= 4 is 29.6 Å². The fourth-order valence-electron chi connectivity index (χ4n) is 1.38. The summed E-state index contributed by atoms with van der Waals surface area (Å²) in [5.74, 6) is 0. The maximum Gasteiger partial charge on any atom is 0.191 e. The minimum Gasteiger partial charge on any atom is -0.399 e. The first-order valence-electron chi connectivity index (χ1n) is 4.80. The van der Waals surface area contributed by atoms with Crippen LogP contribution in [0.15, 0.2) is 48.5 Å². The molecule has 0 saturated heterocycles. The van der Waals surface area contributed by atoms with Gasteiger partial charge in [0.1, 0.15) is 0 Å². The molecule has 15 heavy (non-hydrogen) atoms. The van der Waals surface area contributed by atoms with E-state index in [4.69, 9.17) is 11.5 Å². The van der Waals surface area contributed by atoms with Crippen molar-refractivity contribution in [3.63, 3.8) is 0 Å². The Kier molecular flexibility index (Phi) is 2.63. The van der Waals surface area contributed by atoms with Gasteiger partial charge in [0, 0.05) is 11.4 Å². The Labute approximate surface area is 90.2 Å². The maximum atomic E-state index is 5.61. The summed E-state index contributed by atoms with van der Waals surface area (Å²) in [6.45, 7) is 0. The lowest BCUT2D eigenvalue weighted by Gasteiger charge is -2.01. The van der Waals surface area contributed by atoms with Crippen molar-refractivity contribution in [2.75, 3.05) is 11.5 Å². The molecule has 0 aliphatic carbocycles. The molecule has 0 saturated carbocycles. The molecule has 0 spiro atoms. The molecule has 4 N–H and O–H groups in total. The zero-order valence-corrected chi connectivity index (χ0v) is 8.35. The van der Waals surface area contributed by atoms with Gasteiger partial charge in [-0.1, -0.05) is 35.2 Å². The van der Waals surface area contributed by atoms with Gasteiger partial charge in [0.25, 0.3) is 0 Å². The molecule has 0 unspecified atom stereocenters. The number of nitrogen functional groups attached to an aromatic ring is 2. The monoisotopic (exact) mass is 195 g/mol. The molecule has 0 heterocycles. The van der Waals surface area contributed by atoms with Gasteiger partial charge in [-0.2, -0.15) is 0 Å². The van der Waals surface area contributed by atoms with E-state index in [9.17, 15) is 0 Å². The van der Waals surface area contributed by atoms with Crippen LogP contribution in [0.5, 0.6) is 0 Å². The minimum absolute atomic E-state index is 0.782. The first-order chi connectivity index (χ1) is 7.24. The van der Waals surface area contributed by atoms with Crippen molar-refractivity contribution in [2.45, 2.75) is 0 Å². The molecule has 0 fully saturated rings. The number of nitrogens with two attached hydrogens (primary N) is 2. The van der Waals surface area contributed by atoms with Crippen molar-refractivity contribution < 1.29 is 0 Å². The smallest absolute Gasteiger partial charge is 0.191 e. The Morgan fingerprint density at radius 2 is 0.933 bits per heavy atom. The fourth-order valence-corrected chi connectivity index (χ4v) is 1.38. The van der Waals surface area contributed by atoms with Crippen molar-refractivity contribution in [3.05, 3.63) is 48.5 Å². The number of benzene rings is 2. The summed E-state index contributed by atoms with van der Waals surface area (Å²) in [5.41, 5.74) is 15.0. The summed E-state index contributed by atoms with van der Waals surface area (Å²) >= 11 is 0. The molecule has 0 aliphatic rings. The van der Waals surface area contributed by atoms with E-state index in [1.165, 1.54) is 0 Å². The summed E-state index contributed by atoms with van der Waals surface area (Å²) in [5, 5.41) is 0. The van der Waals surface area contributed by atoms with E-state index in [0.29, 0.717) is 0 Å². The van der Waals surface area contributed by atoms with Crippen LogP contribution in [0.25, 0.3) is 0 Å². The highest BCUT2D eigenvalue weighted by molar-refractivity contribution is 6.67. The van der Waals surface area contributed by atoms with Crippen molar-refractivity contribution in [1.82, 2.24) is 0 Å². The molecule has 2 rings (SSSR count). The lowest BCUT2D eigenvalue weighted by molar-refractivity contribution is 1.71. The van der Waals surface area contributed by atoms with Crippen molar-refractivity contribution in [2.24, 2.45) is 0 Å². The molecule has 73 valence electrons. The van der Waals surface area contributed by atoms with Crippen LogP contribution < -0.4 is 22.4 Å². The first-order valence-corrected chi connectivity index (χ1v) is 4.80. The van der Waals surface area contributed by atoms with Crippen LogP contribution >= 0.6 is 0 Å². The molecule has 0 aliphatic heterocycles. The van der Waals surface area contributed by atoms with Crippen LogP contribution in [0.4, 0.5) is 11.4 Å². The molecule has 0 atom stereocenters. The van der Waals surface area contributed by atoms with Crippen LogP contribution in [0.2, 0.25) is 0 Å². The molecule has 2 aromatic carbocycles. The second-order valence-corrected chi connectivity index (χ2v) is 3.48. The minimum atomic E-state index is 0.782. The van der Waals surface area contributed by atoms with Gasteiger partial charge >= 0.3 is 0 Å². The Morgan fingerprint density at radius 1 is 0.600 bits per heavy atom. The lowest BCUT2D eigenvalue weighted by Crippen LogP contribution is -2.26. The highest BCUT2D eigenvalue weighted by Gasteiger charge is 1.98. The van der Waals surface area contributed by atoms with E-state index >= 15 is 0 Å². The zero-order valence-electron chi connectivity index (χ0n) is 8.35. The van der Waals surface area contributed by atoms with Gasteiger partial charge in [-0.3, -0.25) is 0 Å². The summed E-state index contributed by atoms with van der Waals surface area (Å²) < 4.78 is 0. The molecular formula is C12H12BN2. The van der Waals surface area contributed by atoms with Crippen molar-refractivity contribution in [1.29, 1.82) is 0 Å². The first kappa shape index (κ1) is 9.65. The molecule has 0 amide bonds. The second kappa shape index (κ2) is 4.09.